The summed E-state index contributed by atoms with van der Waals surface area (Å²) in [6.45, 7) is 0.140. The second-order valence-corrected chi connectivity index (χ2v) is 4.18. The SMILES string of the molecule is NC(=O)c1ccc(N)cc1SCCCO. The van der Waals surface area contributed by atoms with Crippen LogP contribution in [0, 0.1) is 0 Å². The quantitative estimate of drug-likeness (QED) is 0.394. The molecule has 0 saturated heterocycles. The zero-order valence-corrected chi connectivity index (χ0v) is 9.09. The van der Waals surface area contributed by atoms with E-state index in [0.29, 0.717) is 17.7 Å². The summed E-state index contributed by atoms with van der Waals surface area (Å²) in [6.07, 6.45) is 0.678. The van der Waals surface area contributed by atoms with Gasteiger partial charge >= 0.3 is 0 Å². The molecule has 0 atom stereocenters. The van der Waals surface area contributed by atoms with E-state index in [1.807, 2.05) is 0 Å². The second kappa shape index (κ2) is 5.63. The van der Waals surface area contributed by atoms with Crippen molar-refractivity contribution in [3.63, 3.8) is 0 Å². The van der Waals surface area contributed by atoms with Crippen LogP contribution in [-0.2, 0) is 0 Å². The Morgan fingerprint density at radius 2 is 2.20 bits per heavy atom. The van der Waals surface area contributed by atoms with Gasteiger partial charge in [0.1, 0.15) is 0 Å². The van der Waals surface area contributed by atoms with Crippen LogP contribution < -0.4 is 11.5 Å². The zero-order chi connectivity index (χ0) is 11.3. The van der Waals surface area contributed by atoms with Gasteiger partial charge in [0.15, 0.2) is 0 Å². The molecule has 0 aliphatic carbocycles. The van der Waals surface area contributed by atoms with Crippen LogP contribution in [0.5, 0.6) is 0 Å². The molecule has 0 radical (unpaired) electrons. The van der Waals surface area contributed by atoms with Gasteiger partial charge in [-0.15, -0.1) is 11.8 Å². The first-order chi connectivity index (χ1) is 7.15. The highest BCUT2D eigenvalue weighted by molar-refractivity contribution is 7.99. The maximum atomic E-state index is 11.1. The third kappa shape index (κ3) is 3.45. The molecule has 82 valence electrons. The number of benzene rings is 1. The highest BCUT2D eigenvalue weighted by Gasteiger charge is 2.08. The molecule has 5 heteroatoms. The van der Waals surface area contributed by atoms with Crippen LogP contribution >= 0.6 is 11.8 Å². The Bertz CT molecular complexity index is 355. The van der Waals surface area contributed by atoms with Crippen LogP contribution in [0.2, 0.25) is 0 Å². The molecule has 4 nitrogen and oxygen atoms in total. The van der Waals surface area contributed by atoms with Crippen molar-refractivity contribution in [3.05, 3.63) is 23.8 Å². The highest BCUT2D eigenvalue weighted by atomic mass is 32.2. The van der Waals surface area contributed by atoms with Crippen molar-refractivity contribution in [2.75, 3.05) is 18.1 Å². The maximum absolute atomic E-state index is 11.1. The number of nitrogen functional groups attached to an aromatic ring is 1. The molecule has 0 spiro atoms. The van der Waals surface area contributed by atoms with Crippen molar-refractivity contribution in [1.29, 1.82) is 0 Å². The number of hydrogen-bond donors (Lipinski definition) is 3. The van der Waals surface area contributed by atoms with Crippen LogP contribution in [0.15, 0.2) is 23.1 Å². The molecule has 0 bridgehead atoms. The van der Waals surface area contributed by atoms with E-state index >= 15 is 0 Å². The number of carbonyl (C=O) groups excluding carboxylic acids is 1. The van der Waals surface area contributed by atoms with E-state index in [0.717, 1.165) is 10.6 Å². The summed E-state index contributed by atoms with van der Waals surface area (Å²) >= 11 is 1.47. The number of thioether (sulfide) groups is 1. The lowest BCUT2D eigenvalue weighted by Gasteiger charge is -2.06. The summed E-state index contributed by atoms with van der Waals surface area (Å²) in [7, 11) is 0. The monoisotopic (exact) mass is 226 g/mol. The van der Waals surface area contributed by atoms with E-state index in [4.69, 9.17) is 16.6 Å². The lowest BCUT2D eigenvalue weighted by molar-refractivity contribution is 0.0997. The fourth-order valence-electron chi connectivity index (χ4n) is 1.11. The van der Waals surface area contributed by atoms with E-state index in [-0.39, 0.29) is 6.61 Å². The number of rotatable bonds is 5. The van der Waals surface area contributed by atoms with Gasteiger partial charge in [-0.05, 0) is 24.6 Å². The minimum atomic E-state index is -0.457. The number of aliphatic hydroxyl groups excluding tert-OH is 1. The summed E-state index contributed by atoms with van der Waals surface area (Å²) in [5.74, 6) is 0.279. The molecule has 0 unspecified atom stereocenters. The zero-order valence-electron chi connectivity index (χ0n) is 8.27. The van der Waals surface area contributed by atoms with E-state index in [1.165, 1.54) is 11.8 Å². The highest BCUT2D eigenvalue weighted by Crippen LogP contribution is 2.25. The minimum absolute atomic E-state index is 0.140. The summed E-state index contributed by atoms with van der Waals surface area (Å²) in [4.78, 5) is 11.9. The number of hydrogen-bond acceptors (Lipinski definition) is 4. The second-order valence-electron chi connectivity index (χ2n) is 3.05. The molecule has 0 heterocycles. The van der Waals surface area contributed by atoms with Crippen molar-refractivity contribution in [2.45, 2.75) is 11.3 Å². The maximum Gasteiger partial charge on any atom is 0.249 e. The predicted molar refractivity (Wildman–Crippen MR) is 61.8 cm³/mol. The molecule has 1 aromatic carbocycles. The van der Waals surface area contributed by atoms with Crippen LogP contribution in [-0.4, -0.2) is 23.4 Å². The lowest BCUT2D eigenvalue weighted by Crippen LogP contribution is -2.12. The first-order valence-electron chi connectivity index (χ1n) is 4.58. The summed E-state index contributed by atoms with van der Waals surface area (Å²) in [5, 5.41) is 8.65. The van der Waals surface area contributed by atoms with Crippen molar-refractivity contribution in [3.8, 4) is 0 Å². The topological polar surface area (TPSA) is 89.3 Å². The smallest absolute Gasteiger partial charge is 0.249 e. The molecule has 0 aromatic heterocycles. The van der Waals surface area contributed by atoms with Gasteiger partial charge in [0, 0.05) is 22.9 Å². The fourth-order valence-corrected chi connectivity index (χ4v) is 2.15. The molecular formula is C10H14N2O2S. The average molecular weight is 226 g/mol. The lowest BCUT2D eigenvalue weighted by atomic mass is 10.2. The van der Waals surface area contributed by atoms with Gasteiger partial charge in [-0.25, -0.2) is 0 Å². The Hall–Kier alpha value is -1.20. The van der Waals surface area contributed by atoms with Gasteiger partial charge in [0.25, 0.3) is 0 Å². The molecule has 1 amide bonds. The van der Waals surface area contributed by atoms with Gasteiger partial charge in [-0.2, -0.15) is 0 Å². The van der Waals surface area contributed by atoms with Crippen LogP contribution in [0.4, 0.5) is 5.69 Å². The minimum Gasteiger partial charge on any atom is -0.399 e. The predicted octanol–water partition coefficient (Wildman–Crippen LogP) is 0.842. The number of aliphatic hydroxyl groups is 1. The van der Waals surface area contributed by atoms with Crippen molar-refractivity contribution in [2.24, 2.45) is 5.73 Å². The average Bonchev–Trinajstić information content (AvgIpc) is 2.18. The number of carbonyl (C=O) groups is 1. The standard InChI is InChI=1S/C10H14N2O2S/c11-7-2-3-8(10(12)14)9(6-7)15-5-1-4-13/h2-3,6,13H,1,4-5,11H2,(H2,12,14). The Morgan fingerprint density at radius 3 is 2.80 bits per heavy atom. The molecule has 1 rings (SSSR count). The summed E-state index contributed by atoms with van der Waals surface area (Å²) < 4.78 is 0. The molecule has 0 aliphatic rings. The van der Waals surface area contributed by atoms with Crippen LogP contribution in [0.1, 0.15) is 16.8 Å². The van der Waals surface area contributed by atoms with Crippen molar-refractivity contribution in [1.82, 2.24) is 0 Å². The number of amides is 1. The Morgan fingerprint density at radius 1 is 1.47 bits per heavy atom. The summed E-state index contributed by atoms with van der Waals surface area (Å²) in [5.41, 5.74) is 11.9. The van der Waals surface area contributed by atoms with E-state index < -0.39 is 5.91 Å². The molecule has 5 N–H and O–H groups in total. The van der Waals surface area contributed by atoms with E-state index in [1.54, 1.807) is 18.2 Å². The van der Waals surface area contributed by atoms with Crippen LogP contribution in [0.3, 0.4) is 0 Å². The van der Waals surface area contributed by atoms with E-state index in [2.05, 4.69) is 0 Å². The van der Waals surface area contributed by atoms with Gasteiger partial charge in [-0.3, -0.25) is 4.79 Å². The van der Waals surface area contributed by atoms with Gasteiger partial charge < -0.3 is 16.6 Å². The molecule has 1 aromatic rings. The van der Waals surface area contributed by atoms with Gasteiger partial charge in [0.05, 0.1) is 5.56 Å². The van der Waals surface area contributed by atoms with E-state index in [9.17, 15) is 4.79 Å². The third-order valence-electron chi connectivity index (χ3n) is 1.83. The van der Waals surface area contributed by atoms with Crippen molar-refractivity contribution >= 4 is 23.4 Å². The van der Waals surface area contributed by atoms with Gasteiger partial charge in [0.2, 0.25) is 5.91 Å². The van der Waals surface area contributed by atoms with Crippen molar-refractivity contribution < 1.29 is 9.90 Å². The molecule has 15 heavy (non-hydrogen) atoms. The Kier molecular flexibility index (Phi) is 4.45. The largest absolute Gasteiger partial charge is 0.399 e. The van der Waals surface area contributed by atoms with Crippen LogP contribution in [0.25, 0.3) is 0 Å². The Labute approximate surface area is 92.6 Å². The number of anilines is 1. The van der Waals surface area contributed by atoms with Gasteiger partial charge in [-0.1, -0.05) is 0 Å². The first-order valence-corrected chi connectivity index (χ1v) is 5.56. The molecule has 0 saturated carbocycles. The molecule has 0 fully saturated rings. The summed E-state index contributed by atoms with van der Waals surface area (Å²) in [6, 6.07) is 5.00. The molecular weight excluding hydrogens is 212 g/mol. The fraction of sp³-hybridized carbons (Fsp3) is 0.300. The number of nitrogens with two attached hydrogens (primary N) is 2. The normalized spacial score (nSPS) is 10.2. The third-order valence-corrected chi connectivity index (χ3v) is 2.97. The first kappa shape index (κ1) is 11.9. The number of primary amides is 1. The Balaban J connectivity index is 2.82. The molecule has 0 aliphatic heterocycles.